The van der Waals surface area contributed by atoms with E-state index in [0.717, 1.165) is 0 Å². The molecule has 0 aliphatic rings. The molecule has 1 aromatic carbocycles. The van der Waals surface area contributed by atoms with E-state index in [9.17, 15) is 4.79 Å². The number of aldehydes is 1. The summed E-state index contributed by atoms with van der Waals surface area (Å²) in [6, 6.07) is 2.78. The second-order valence-corrected chi connectivity index (χ2v) is 2.55. The zero-order chi connectivity index (χ0) is 8.43. The van der Waals surface area contributed by atoms with Gasteiger partial charge in [0.05, 0.1) is 15.8 Å². The third-order valence-electron chi connectivity index (χ3n) is 1.31. The van der Waals surface area contributed by atoms with Gasteiger partial charge in [0.2, 0.25) is 0 Å². The Bertz CT molecular complexity index is 296. The van der Waals surface area contributed by atoms with Crippen LogP contribution in [0.5, 0.6) is 11.5 Å². The van der Waals surface area contributed by atoms with Crippen molar-refractivity contribution in [2.24, 2.45) is 0 Å². The fraction of sp³-hybridized carbons (Fsp3) is 0. The second-order valence-electron chi connectivity index (χ2n) is 2.01. The minimum atomic E-state index is -0.239. The summed E-state index contributed by atoms with van der Waals surface area (Å²) >= 11 is 0. The van der Waals surface area contributed by atoms with Crippen molar-refractivity contribution < 1.29 is 15.0 Å². The van der Waals surface area contributed by atoms with Gasteiger partial charge in [-0.25, -0.2) is 0 Å². The maximum absolute atomic E-state index is 10.3. The predicted molar refractivity (Wildman–Crippen MR) is 40.5 cm³/mol. The van der Waals surface area contributed by atoms with Gasteiger partial charge in [-0.2, -0.15) is 0 Å². The normalized spacial score (nSPS) is 9.55. The third kappa shape index (κ3) is 1.25. The van der Waals surface area contributed by atoms with Gasteiger partial charge < -0.3 is 10.2 Å². The van der Waals surface area contributed by atoms with E-state index in [-0.39, 0.29) is 17.1 Å². The fourth-order valence-electron chi connectivity index (χ4n) is 0.714. The van der Waals surface area contributed by atoms with Crippen LogP contribution in [0.4, 0.5) is 0 Å². The van der Waals surface area contributed by atoms with Crippen LogP contribution in [-0.4, -0.2) is 26.7 Å². The van der Waals surface area contributed by atoms with E-state index in [0.29, 0.717) is 11.5 Å². The molecule has 0 aromatic heterocycles. The van der Waals surface area contributed by atoms with Crippen molar-refractivity contribution in [2.75, 3.05) is 0 Å². The first-order chi connectivity index (χ1) is 5.16. The molecular formula is C7H5O3Si. The van der Waals surface area contributed by atoms with E-state index in [4.69, 9.17) is 10.2 Å². The van der Waals surface area contributed by atoms with Crippen LogP contribution in [0.15, 0.2) is 12.1 Å². The minimum absolute atomic E-state index is 0.0995. The van der Waals surface area contributed by atoms with Gasteiger partial charge in [0.15, 0.2) is 6.29 Å². The largest absolute Gasteiger partial charge is 0.507 e. The molecule has 0 atom stereocenters. The molecule has 0 bridgehead atoms. The highest BCUT2D eigenvalue weighted by molar-refractivity contribution is 6.34. The zero-order valence-corrected chi connectivity index (χ0v) is 6.53. The maximum Gasteiger partial charge on any atom is 0.157 e. The van der Waals surface area contributed by atoms with E-state index in [2.05, 4.69) is 10.2 Å². The molecule has 0 unspecified atom stereocenters. The highest BCUT2D eigenvalue weighted by atomic mass is 28.1. The van der Waals surface area contributed by atoms with E-state index in [1.807, 2.05) is 0 Å². The molecule has 1 aromatic rings. The molecule has 0 fully saturated rings. The summed E-state index contributed by atoms with van der Waals surface area (Å²) in [5.41, 5.74) is -0.0995. The zero-order valence-electron chi connectivity index (χ0n) is 5.53. The van der Waals surface area contributed by atoms with Crippen molar-refractivity contribution >= 4 is 21.7 Å². The fourth-order valence-corrected chi connectivity index (χ4v) is 0.932. The Balaban J connectivity index is 3.40. The summed E-state index contributed by atoms with van der Waals surface area (Å²) in [6.45, 7) is 0. The van der Waals surface area contributed by atoms with E-state index >= 15 is 0 Å². The molecule has 0 heterocycles. The van der Waals surface area contributed by atoms with Crippen LogP contribution in [0.3, 0.4) is 0 Å². The molecule has 4 heteroatoms. The number of carbonyl (C=O) groups excluding carboxylic acids is 1. The summed E-state index contributed by atoms with van der Waals surface area (Å²) in [4.78, 5) is 10.3. The van der Waals surface area contributed by atoms with Gasteiger partial charge in [0.1, 0.15) is 11.5 Å². The lowest BCUT2D eigenvalue weighted by Gasteiger charge is -2.02. The van der Waals surface area contributed by atoms with Gasteiger partial charge in [-0.05, 0) is 11.3 Å². The Labute approximate surface area is 66.7 Å². The van der Waals surface area contributed by atoms with Crippen LogP contribution >= 0.6 is 0 Å². The molecule has 0 saturated heterocycles. The molecule has 3 nitrogen and oxygen atoms in total. The smallest absolute Gasteiger partial charge is 0.157 e. The summed E-state index contributed by atoms with van der Waals surface area (Å²) < 4.78 is 0. The van der Waals surface area contributed by atoms with Crippen molar-refractivity contribution in [1.29, 1.82) is 0 Å². The third-order valence-corrected chi connectivity index (χ3v) is 1.72. The molecule has 0 saturated carbocycles. The molecule has 11 heavy (non-hydrogen) atoms. The van der Waals surface area contributed by atoms with Gasteiger partial charge in [-0.15, -0.1) is 0 Å². The summed E-state index contributed by atoms with van der Waals surface area (Å²) in [6.07, 6.45) is 0.397. The number of phenols is 2. The van der Waals surface area contributed by atoms with Gasteiger partial charge in [-0.1, -0.05) is 6.07 Å². The van der Waals surface area contributed by atoms with E-state index in [1.54, 1.807) is 0 Å². The lowest BCUT2D eigenvalue weighted by molar-refractivity contribution is 0.111. The second kappa shape index (κ2) is 2.75. The van der Waals surface area contributed by atoms with Crippen molar-refractivity contribution in [2.45, 2.75) is 0 Å². The molecule has 1 rings (SSSR count). The predicted octanol–water partition coefficient (Wildman–Crippen LogP) is -0.296. The monoisotopic (exact) mass is 165 g/mol. The SMILES string of the molecule is O=Cc1c(O)ccc([Si])c1O. The van der Waals surface area contributed by atoms with Crippen LogP contribution in [0.25, 0.3) is 0 Å². The lowest BCUT2D eigenvalue weighted by atomic mass is 10.2. The van der Waals surface area contributed by atoms with Crippen molar-refractivity contribution in [1.82, 2.24) is 0 Å². The van der Waals surface area contributed by atoms with Gasteiger partial charge in [-0.3, -0.25) is 4.79 Å². The first kappa shape index (κ1) is 7.81. The molecule has 3 radical (unpaired) electrons. The molecule has 0 amide bonds. The van der Waals surface area contributed by atoms with Gasteiger partial charge in [0, 0.05) is 0 Å². The highest BCUT2D eigenvalue weighted by Gasteiger charge is 2.07. The first-order valence-electron chi connectivity index (χ1n) is 2.88. The maximum atomic E-state index is 10.3. The Kier molecular flexibility index (Phi) is 1.95. The number of phenolic OH excluding ortho intramolecular Hbond substituents is 2. The van der Waals surface area contributed by atoms with Crippen LogP contribution in [0.2, 0.25) is 0 Å². The van der Waals surface area contributed by atoms with Crippen LogP contribution in [-0.2, 0) is 0 Å². The quantitative estimate of drug-likeness (QED) is 0.444. The van der Waals surface area contributed by atoms with Crippen LogP contribution in [0.1, 0.15) is 10.4 Å². The number of benzene rings is 1. The first-order valence-corrected chi connectivity index (χ1v) is 3.38. The number of carbonyl (C=O) groups is 1. The standard InChI is InChI=1S/C7H5O3Si/c8-3-4-5(9)1-2-6(11)7(4)10/h1-3,9-10H. The highest BCUT2D eigenvalue weighted by Crippen LogP contribution is 2.21. The van der Waals surface area contributed by atoms with Crippen molar-refractivity contribution in [3.8, 4) is 11.5 Å². The lowest BCUT2D eigenvalue weighted by Crippen LogP contribution is -2.04. The Morgan fingerprint density at radius 2 is 2.00 bits per heavy atom. The van der Waals surface area contributed by atoms with Crippen molar-refractivity contribution in [3.05, 3.63) is 17.7 Å². The molecule has 0 aliphatic heterocycles. The van der Waals surface area contributed by atoms with Crippen LogP contribution in [0, 0.1) is 0 Å². The van der Waals surface area contributed by atoms with Crippen LogP contribution < -0.4 is 5.19 Å². The minimum Gasteiger partial charge on any atom is -0.507 e. The average molecular weight is 165 g/mol. The average Bonchev–Trinajstić information content (AvgIpc) is 1.99. The number of rotatable bonds is 1. The van der Waals surface area contributed by atoms with E-state index in [1.165, 1.54) is 12.1 Å². The topological polar surface area (TPSA) is 57.5 Å². The Morgan fingerprint density at radius 3 is 2.45 bits per heavy atom. The van der Waals surface area contributed by atoms with E-state index < -0.39 is 0 Å². The molecule has 2 N–H and O–H groups in total. The number of hydrogen-bond acceptors (Lipinski definition) is 3. The number of hydrogen-bond donors (Lipinski definition) is 2. The van der Waals surface area contributed by atoms with Crippen molar-refractivity contribution in [3.63, 3.8) is 0 Å². The molecule has 0 spiro atoms. The summed E-state index contributed by atoms with van der Waals surface area (Å²) in [5, 5.41) is 18.5. The van der Waals surface area contributed by atoms with Gasteiger partial charge >= 0.3 is 0 Å². The molecular weight excluding hydrogens is 160 g/mol. The molecule has 55 valence electrons. The van der Waals surface area contributed by atoms with Gasteiger partial charge in [0.25, 0.3) is 0 Å². The Hall–Kier alpha value is -1.29. The number of aromatic hydroxyl groups is 2. The summed E-state index contributed by atoms with van der Waals surface area (Å²) in [7, 11) is 3.05. The molecule has 0 aliphatic carbocycles. The Morgan fingerprint density at radius 1 is 1.36 bits per heavy atom. The summed E-state index contributed by atoms with van der Waals surface area (Å²) in [5.74, 6) is -0.462.